The van der Waals surface area contributed by atoms with Gasteiger partial charge in [0, 0.05) is 18.6 Å². The first-order valence-corrected chi connectivity index (χ1v) is 5.92. The molecule has 0 spiro atoms. The van der Waals surface area contributed by atoms with E-state index in [1.54, 1.807) is 0 Å². The maximum atomic E-state index is 9.15. The topological polar surface area (TPSA) is 35.5 Å². The van der Waals surface area contributed by atoms with E-state index in [0.29, 0.717) is 12.1 Å². The molecule has 3 heteroatoms. The molecule has 0 aromatic carbocycles. The third kappa shape index (κ3) is 2.10. The first-order valence-electron chi connectivity index (χ1n) is 5.92. The minimum absolute atomic E-state index is 0.281. The second-order valence-electron chi connectivity index (χ2n) is 4.70. The first kappa shape index (κ1) is 10.4. The summed E-state index contributed by atoms with van der Waals surface area (Å²) >= 11 is 0. The summed E-state index contributed by atoms with van der Waals surface area (Å²) in [6, 6.07) is 0.970. The van der Waals surface area contributed by atoms with Crippen molar-refractivity contribution in [3.8, 4) is 0 Å². The van der Waals surface area contributed by atoms with Gasteiger partial charge in [0.25, 0.3) is 0 Å². The van der Waals surface area contributed by atoms with Crippen molar-refractivity contribution in [1.29, 1.82) is 0 Å². The van der Waals surface area contributed by atoms with Gasteiger partial charge in [0.1, 0.15) is 0 Å². The van der Waals surface area contributed by atoms with Gasteiger partial charge < -0.3 is 15.3 Å². The molecule has 2 saturated heterocycles. The van der Waals surface area contributed by atoms with Crippen molar-refractivity contribution in [1.82, 2.24) is 10.2 Å². The van der Waals surface area contributed by atoms with Crippen LogP contribution in [0.25, 0.3) is 0 Å². The van der Waals surface area contributed by atoms with Crippen molar-refractivity contribution < 1.29 is 5.11 Å². The highest BCUT2D eigenvalue weighted by molar-refractivity contribution is 4.91. The highest BCUT2D eigenvalue weighted by atomic mass is 16.3. The van der Waals surface area contributed by atoms with Crippen LogP contribution in [0.15, 0.2) is 0 Å². The fourth-order valence-corrected chi connectivity index (χ4v) is 2.77. The fourth-order valence-electron chi connectivity index (χ4n) is 2.77. The lowest BCUT2D eigenvalue weighted by Gasteiger charge is -2.33. The minimum atomic E-state index is 0.281. The molecule has 2 N–H and O–H groups in total. The third-order valence-corrected chi connectivity index (χ3v) is 3.80. The fraction of sp³-hybridized carbons (Fsp3) is 1.00. The van der Waals surface area contributed by atoms with Crippen LogP contribution in [0.3, 0.4) is 0 Å². The highest BCUT2D eigenvalue weighted by Gasteiger charge is 2.34. The molecule has 2 fully saturated rings. The predicted octanol–water partition coefficient (Wildman–Crippen LogP) is 0.441. The molecule has 0 aromatic heterocycles. The second-order valence-corrected chi connectivity index (χ2v) is 4.70. The molecule has 0 radical (unpaired) electrons. The van der Waals surface area contributed by atoms with Crippen molar-refractivity contribution in [3.05, 3.63) is 0 Å². The number of aliphatic hydroxyl groups is 1. The number of hydrogen-bond donors (Lipinski definition) is 2. The maximum absolute atomic E-state index is 9.15. The Kier molecular flexibility index (Phi) is 3.42. The number of nitrogens with zero attached hydrogens (tertiary/aromatic N) is 1. The van der Waals surface area contributed by atoms with Gasteiger partial charge in [-0.15, -0.1) is 0 Å². The predicted molar refractivity (Wildman–Crippen MR) is 57.3 cm³/mol. The van der Waals surface area contributed by atoms with Gasteiger partial charge in [0.05, 0.1) is 6.61 Å². The molecule has 0 saturated carbocycles. The van der Waals surface area contributed by atoms with Gasteiger partial charge in [0.15, 0.2) is 0 Å². The SMILES string of the molecule is CC[C@@H](CO)NC1CCN2CCC1C2. The summed E-state index contributed by atoms with van der Waals surface area (Å²) in [7, 11) is 0. The van der Waals surface area contributed by atoms with E-state index < -0.39 is 0 Å². The molecule has 3 unspecified atom stereocenters. The molecule has 2 aliphatic heterocycles. The molecule has 3 nitrogen and oxygen atoms in total. The van der Waals surface area contributed by atoms with Gasteiger partial charge in [-0.25, -0.2) is 0 Å². The summed E-state index contributed by atoms with van der Waals surface area (Å²) in [4.78, 5) is 2.56. The Balaban J connectivity index is 1.85. The lowest BCUT2D eigenvalue weighted by molar-refractivity contribution is 0.176. The van der Waals surface area contributed by atoms with Gasteiger partial charge in [-0.1, -0.05) is 6.92 Å². The van der Waals surface area contributed by atoms with E-state index in [2.05, 4.69) is 17.1 Å². The van der Waals surface area contributed by atoms with E-state index in [1.807, 2.05) is 0 Å². The van der Waals surface area contributed by atoms with Gasteiger partial charge >= 0.3 is 0 Å². The van der Waals surface area contributed by atoms with Crippen molar-refractivity contribution in [2.45, 2.75) is 38.3 Å². The normalized spacial score (nSPS) is 38.6. The van der Waals surface area contributed by atoms with Crippen LogP contribution in [0.4, 0.5) is 0 Å². The molecule has 2 rings (SSSR count). The molecular formula is C11H22N2O. The third-order valence-electron chi connectivity index (χ3n) is 3.80. The Hall–Kier alpha value is -0.120. The average Bonchev–Trinajstić information content (AvgIpc) is 2.61. The van der Waals surface area contributed by atoms with Crippen molar-refractivity contribution in [2.75, 3.05) is 26.2 Å². The molecule has 4 atom stereocenters. The average molecular weight is 198 g/mol. The van der Waals surface area contributed by atoms with Crippen molar-refractivity contribution in [3.63, 3.8) is 0 Å². The van der Waals surface area contributed by atoms with Crippen molar-refractivity contribution >= 4 is 0 Å². The summed E-state index contributed by atoms with van der Waals surface area (Å²) in [6.45, 7) is 6.23. The largest absolute Gasteiger partial charge is 0.395 e. The van der Waals surface area contributed by atoms with E-state index in [1.165, 1.54) is 32.5 Å². The summed E-state index contributed by atoms with van der Waals surface area (Å²) < 4.78 is 0. The Morgan fingerprint density at radius 1 is 1.43 bits per heavy atom. The Morgan fingerprint density at radius 3 is 2.93 bits per heavy atom. The molecule has 0 amide bonds. The summed E-state index contributed by atoms with van der Waals surface area (Å²) in [5, 5.41) is 12.8. The zero-order chi connectivity index (χ0) is 9.97. The maximum Gasteiger partial charge on any atom is 0.0584 e. The smallest absolute Gasteiger partial charge is 0.0584 e. The molecule has 2 aliphatic rings. The number of fused-ring (bicyclic) bond motifs is 2. The Bertz CT molecular complexity index is 182. The van der Waals surface area contributed by atoms with Crippen LogP contribution >= 0.6 is 0 Å². The summed E-state index contributed by atoms with van der Waals surface area (Å²) in [6.07, 6.45) is 3.64. The molecule has 0 aromatic rings. The van der Waals surface area contributed by atoms with Crippen LogP contribution in [-0.4, -0.2) is 48.3 Å². The van der Waals surface area contributed by atoms with Crippen LogP contribution in [0, 0.1) is 5.92 Å². The number of nitrogens with one attached hydrogen (secondary N) is 1. The molecule has 2 heterocycles. The molecule has 82 valence electrons. The van der Waals surface area contributed by atoms with E-state index in [9.17, 15) is 0 Å². The van der Waals surface area contributed by atoms with E-state index in [0.717, 1.165) is 12.3 Å². The van der Waals surface area contributed by atoms with Crippen molar-refractivity contribution in [2.24, 2.45) is 5.92 Å². The van der Waals surface area contributed by atoms with Crippen LogP contribution in [0.1, 0.15) is 26.2 Å². The van der Waals surface area contributed by atoms with Crippen LogP contribution in [0.2, 0.25) is 0 Å². The number of aliphatic hydroxyl groups excluding tert-OH is 1. The van der Waals surface area contributed by atoms with Gasteiger partial charge in [-0.2, -0.15) is 0 Å². The highest BCUT2D eigenvalue weighted by Crippen LogP contribution is 2.27. The molecule has 2 bridgehead atoms. The molecule has 0 aliphatic carbocycles. The van der Waals surface area contributed by atoms with Gasteiger partial charge in [-0.3, -0.25) is 0 Å². The monoisotopic (exact) mass is 198 g/mol. The summed E-state index contributed by atoms with van der Waals surface area (Å²) in [5.74, 6) is 0.837. The zero-order valence-corrected chi connectivity index (χ0v) is 9.08. The van der Waals surface area contributed by atoms with Crippen LogP contribution in [-0.2, 0) is 0 Å². The van der Waals surface area contributed by atoms with Gasteiger partial charge in [0.2, 0.25) is 0 Å². The minimum Gasteiger partial charge on any atom is -0.395 e. The number of rotatable bonds is 4. The summed E-state index contributed by atoms with van der Waals surface area (Å²) in [5.41, 5.74) is 0. The zero-order valence-electron chi connectivity index (χ0n) is 9.08. The van der Waals surface area contributed by atoms with E-state index >= 15 is 0 Å². The van der Waals surface area contributed by atoms with Crippen LogP contribution < -0.4 is 5.32 Å². The molecule has 14 heavy (non-hydrogen) atoms. The van der Waals surface area contributed by atoms with Gasteiger partial charge in [-0.05, 0) is 38.3 Å². The Morgan fingerprint density at radius 2 is 2.21 bits per heavy atom. The second kappa shape index (κ2) is 4.60. The first-order chi connectivity index (χ1) is 6.83. The van der Waals surface area contributed by atoms with Crippen LogP contribution in [0.5, 0.6) is 0 Å². The number of piperidine rings is 1. The van der Waals surface area contributed by atoms with E-state index in [-0.39, 0.29) is 6.61 Å². The lowest BCUT2D eigenvalue weighted by Crippen LogP contribution is -2.48. The lowest BCUT2D eigenvalue weighted by atomic mass is 9.93. The standard InChI is InChI=1S/C11H22N2O/c1-2-10(8-14)12-11-4-6-13-5-3-9(11)7-13/h9-12,14H,2-8H2,1H3/t9?,10-,11?/m0/s1. The quantitative estimate of drug-likeness (QED) is 0.688. The Labute approximate surface area is 86.5 Å². The number of hydrogen-bond acceptors (Lipinski definition) is 3. The van der Waals surface area contributed by atoms with E-state index in [4.69, 9.17) is 5.11 Å². The molecular weight excluding hydrogens is 176 g/mol.